The summed E-state index contributed by atoms with van der Waals surface area (Å²) in [5.74, 6) is 1.37. The molecule has 0 bridgehead atoms. The number of nitrogens with two attached hydrogens (primary N) is 1. The lowest BCUT2D eigenvalue weighted by atomic mass is 10.1. The van der Waals surface area contributed by atoms with Crippen LogP contribution < -0.4 is 25.8 Å². The van der Waals surface area contributed by atoms with Gasteiger partial charge in [-0.25, -0.2) is 4.98 Å². The van der Waals surface area contributed by atoms with E-state index < -0.39 is 6.10 Å². The predicted octanol–water partition coefficient (Wildman–Crippen LogP) is 3.51. The lowest BCUT2D eigenvalue weighted by molar-refractivity contribution is -0.127. The van der Waals surface area contributed by atoms with Crippen molar-refractivity contribution in [3.8, 4) is 22.9 Å². The zero-order valence-electron chi connectivity index (χ0n) is 18.8. The Morgan fingerprint density at radius 1 is 1.12 bits per heavy atom. The van der Waals surface area contributed by atoms with E-state index in [1.54, 1.807) is 14.0 Å². The molecular weight excluding hydrogens is 436 g/mol. The van der Waals surface area contributed by atoms with E-state index in [-0.39, 0.29) is 11.9 Å². The van der Waals surface area contributed by atoms with Crippen molar-refractivity contribution < 1.29 is 14.3 Å². The number of aromatic nitrogens is 1. The average molecular weight is 467 g/mol. The summed E-state index contributed by atoms with van der Waals surface area (Å²) in [6.45, 7) is 2.56. The molecule has 3 rings (SSSR count). The molecule has 0 radical (unpaired) electrons. The van der Waals surface area contributed by atoms with Gasteiger partial charge in [0.2, 0.25) is 5.88 Å². The summed E-state index contributed by atoms with van der Waals surface area (Å²) >= 11 is 4.23. The molecule has 33 heavy (non-hydrogen) atoms. The van der Waals surface area contributed by atoms with Gasteiger partial charge >= 0.3 is 0 Å². The van der Waals surface area contributed by atoms with Gasteiger partial charge in [-0.15, -0.1) is 0 Å². The van der Waals surface area contributed by atoms with Crippen LogP contribution in [0.3, 0.4) is 0 Å². The van der Waals surface area contributed by atoms with Gasteiger partial charge < -0.3 is 25.8 Å². The fourth-order valence-electron chi connectivity index (χ4n) is 3.08. The van der Waals surface area contributed by atoms with Crippen LogP contribution >= 0.6 is 12.6 Å². The summed E-state index contributed by atoms with van der Waals surface area (Å²) < 4.78 is 11.2. The first kappa shape index (κ1) is 24.4. The third kappa shape index (κ3) is 7.13. The second-order valence-corrected chi connectivity index (χ2v) is 7.93. The largest absolute Gasteiger partial charge is 0.497 e. The van der Waals surface area contributed by atoms with Gasteiger partial charge in [0.25, 0.3) is 5.91 Å². The minimum atomic E-state index is -0.756. The van der Waals surface area contributed by atoms with E-state index in [0.29, 0.717) is 30.4 Å². The third-order valence-electron chi connectivity index (χ3n) is 4.98. The van der Waals surface area contributed by atoms with Crippen LogP contribution in [0.15, 0.2) is 66.7 Å². The van der Waals surface area contributed by atoms with Crippen LogP contribution in [0, 0.1) is 0 Å². The van der Waals surface area contributed by atoms with E-state index in [1.165, 1.54) is 0 Å². The SMILES string of the molecule is COc1cccc(CNC(=O)[C@@H](C)Oc2nc(-c3ccccc3)ccc2NCC(N)CS)c1. The zero-order chi connectivity index (χ0) is 23.6. The van der Waals surface area contributed by atoms with Crippen LogP contribution in [0.5, 0.6) is 11.6 Å². The molecule has 1 aromatic heterocycles. The Bertz CT molecular complexity index is 1050. The highest BCUT2D eigenvalue weighted by Gasteiger charge is 2.18. The number of ether oxygens (including phenoxy) is 2. The Morgan fingerprint density at radius 3 is 2.64 bits per heavy atom. The van der Waals surface area contributed by atoms with Crippen LogP contribution in [0.2, 0.25) is 0 Å². The molecule has 0 spiro atoms. The maximum absolute atomic E-state index is 12.7. The predicted molar refractivity (Wildman–Crippen MR) is 135 cm³/mol. The van der Waals surface area contributed by atoms with E-state index in [1.807, 2.05) is 66.7 Å². The van der Waals surface area contributed by atoms with E-state index in [4.69, 9.17) is 15.2 Å². The van der Waals surface area contributed by atoms with Gasteiger partial charge in [0, 0.05) is 30.4 Å². The van der Waals surface area contributed by atoms with Crippen molar-refractivity contribution in [2.75, 3.05) is 24.7 Å². The molecule has 0 saturated carbocycles. The number of hydrogen-bond acceptors (Lipinski definition) is 7. The summed E-state index contributed by atoms with van der Waals surface area (Å²) in [5, 5.41) is 6.15. The van der Waals surface area contributed by atoms with Crippen LogP contribution in [0.4, 0.5) is 5.69 Å². The Hall–Kier alpha value is -3.23. The number of rotatable bonds is 11. The van der Waals surface area contributed by atoms with Crippen LogP contribution in [0.1, 0.15) is 12.5 Å². The zero-order valence-corrected chi connectivity index (χ0v) is 19.7. The number of methoxy groups -OCH3 is 1. The van der Waals surface area contributed by atoms with Crippen molar-refractivity contribution in [2.24, 2.45) is 5.73 Å². The van der Waals surface area contributed by atoms with Gasteiger partial charge in [-0.3, -0.25) is 4.79 Å². The van der Waals surface area contributed by atoms with Crippen LogP contribution in [-0.4, -0.2) is 42.4 Å². The molecule has 0 saturated heterocycles. The second-order valence-electron chi connectivity index (χ2n) is 7.57. The number of anilines is 1. The lowest BCUT2D eigenvalue weighted by Gasteiger charge is -2.19. The number of carbonyl (C=O) groups is 1. The van der Waals surface area contributed by atoms with Gasteiger partial charge in [-0.1, -0.05) is 42.5 Å². The molecule has 3 aromatic rings. The van der Waals surface area contributed by atoms with E-state index >= 15 is 0 Å². The number of carbonyl (C=O) groups excluding carboxylic acids is 1. The molecule has 1 unspecified atom stereocenters. The molecule has 1 amide bonds. The number of amides is 1. The summed E-state index contributed by atoms with van der Waals surface area (Å²) in [7, 11) is 1.61. The maximum atomic E-state index is 12.7. The van der Waals surface area contributed by atoms with Gasteiger partial charge in [0.05, 0.1) is 18.5 Å². The Labute approximate surface area is 200 Å². The van der Waals surface area contributed by atoms with Gasteiger partial charge in [-0.2, -0.15) is 12.6 Å². The summed E-state index contributed by atoms with van der Waals surface area (Å²) in [6.07, 6.45) is -0.756. The molecule has 0 fully saturated rings. The van der Waals surface area contributed by atoms with E-state index in [9.17, 15) is 4.79 Å². The van der Waals surface area contributed by atoms with Crippen molar-refractivity contribution in [3.05, 3.63) is 72.3 Å². The molecule has 1 heterocycles. The quantitative estimate of drug-likeness (QED) is 0.323. The smallest absolute Gasteiger partial charge is 0.261 e. The highest BCUT2D eigenvalue weighted by atomic mass is 32.1. The first-order valence-electron chi connectivity index (χ1n) is 10.7. The van der Waals surface area contributed by atoms with Gasteiger partial charge in [0.1, 0.15) is 5.75 Å². The van der Waals surface area contributed by atoms with Crippen LogP contribution in [0.25, 0.3) is 11.3 Å². The topological polar surface area (TPSA) is 98.5 Å². The van der Waals surface area contributed by atoms with Crippen molar-refractivity contribution in [2.45, 2.75) is 25.6 Å². The summed E-state index contributed by atoms with van der Waals surface area (Å²) in [5.41, 5.74) is 9.29. The number of hydrogen-bond donors (Lipinski definition) is 4. The number of benzene rings is 2. The number of pyridine rings is 1. The second kappa shape index (κ2) is 12.1. The molecule has 0 aliphatic rings. The Balaban J connectivity index is 1.73. The first-order chi connectivity index (χ1) is 16.0. The van der Waals surface area contributed by atoms with E-state index in [2.05, 4.69) is 28.2 Å². The van der Waals surface area contributed by atoms with Crippen molar-refractivity contribution >= 4 is 24.2 Å². The molecule has 2 aromatic carbocycles. The monoisotopic (exact) mass is 466 g/mol. The van der Waals surface area contributed by atoms with Gasteiger partial charge in [0.15, 0.2) is 6.10 Å². The molecule has 0 aliphatic carbocycles. The first-order valence-corrected chi connectivity index (χ1v) is 11.4. The third-order valence-corrected chi connectivity index (χ3v) is 5.45. The molecule has 7 nitrogen and oxygen atoms in total. The Morgan fingerprint density at radius 2 is 1.91 bits per heavy atom. The minimum absolute atomic E-state index is 0.126. The molecule has 8 heteroatoms. The normalized spacial score (nSPS) is 12.5. The summed E-state index contributed by atoms with van der Waals surface area (Å²) in [4.78, 5) is 17.4. The Kier molecular flexibility index (Phi) is 8.97. The van der Waals surface area contributed by atoms with Crippen molar-refractivity contribution in [3.63, 3.8) is 0 Å². The summed E-state index contributed by atoms with van der Waals surface area (Å²) in [6, 6.07) is 21.0. The maximum Gasteiger partial charge on any atom is 0.261 e. The van der Waals surface area contributed by atoms with Gasteiger partial charge in [-0.05, 0) is 36.8 Å². The standard InChI is InChI=1S/C25H30N4O3S/c1-17(24(30)28-14-18-7-6-10-21(13-18)31-2)32-25-23(27-15-20(26)16-33)12-11-22(29-25)19-8-4-3-5-9-19/h3-13,17,20,27,33H,14-16,26H2,1-2H3,(H,28,30)/t17-,20?/m1/s1. The average Bonchev–Trinajstić information content (AvgIpc) is 2.86. The number of thiol groups is 1. The van der Waals surface area contributed by atoms with Crippen LogP contribution in [-0.2, 0) is 11.3 Å². The minimum Gasteiger partial charge on any atom is -0.497 e. The van der Waals surface area contributed by atoms with Crippen molar-refractivity contribution in [1.29, 1.82) is 0 Å². The highest BCUT2D eigenvalue weighted by Crippen LogP contribution is 2.28. The molecule has 174 valence electrons. The molecule has 0 aliphatic heterocycles. The lowest BCUT2D eigenvalue weighted by Crippen LogP contribution is -2.36. The molecular formula is C25H30N4O3S. The number of nitrogens with one attached hydrogen (secondary N) is 2. The fourth-order valence-corrected chi connectivity index (χ4v) is 3.21. The molecule has 2 atom stereocenters. The fraction of sp³-hybridized carbons (Fsp3) is 0.280. The molecule has 4 N–H and O–H groups in total. The number of nitrogens with zero attached hydrogens (tertiary/aromatic N) is 1. The highest BCUT2D eigenvalue weighted by molar-refractivity contribution is 7.80. The van der Waals surface area contributed by atoms with Crippen molar-refractivity contribution in [1.82, 2.24) is 10.3 Å². The van der Waals surface area contributed by atoms with E-state index in [0.717, 1.165) is 22.6 Å².